The summed E-state index contributed by atoms with van der Waals surface area (Å²) in [6, 6.07) is 23.3. The molecule has 1 aliphatic rings. The van der Waals surface area contributed by atoms with Gasteiger partial charge in [0.25, 0.3) is 5.91 Å². The van der Waals surface area contributed by atoms with Gasteiger partial charge in [-0.25, -0.2) is 14.4 Å². The lowest BCUT2D eigenvalue weighted by atomic mass is 10.0. The summed E-state index contributed by atoms with van der Waals surface area (Å²) >= 11 is 6.05. The molecule has 1 saturated heterocycles. The second kappa shape index (κ2) is 14.8. The lowest BCUT2D eigenvalue weighted by Crippen LogP contribution is -2.37. The maximum Gasteiger partial charge on any atom is 0.305 e. The summed E-state index contributed by atoms with van der Waals surface area (Å²) in [5, 5.41) is 9.95. The normalized spacial score (nSPS) is 14.4. The Morgan fingerprint density at radius 2 is 1.75 bits per heavy atom. The van der Waals surface area contributed by atoms with Gasteiger partial charge in [0.05, 0.1) is 23.7 Å². The second-order valence-corrected chi connectivity index (χ2v) is 11.2. The van der Waals surface area contributed by atoms with Gasteiger partial charge in [0.1, 0.15) is 6.61 Å². The van der Waals surface area contributed by atoms with Crippen molar-refractivity contribution in [1.82, 2.24) is 14.9 Å². The van der Waals surface area contributed by atoms with E-state index in [0.29, 0.717) is 41.6 Å². The van der Waals surface area contributed by atoms with Crippen molar-refractivity contribution in [3.05, 3.63) is 118 Å². The number of hydrogen-bond donors (Lipinski definition) is 1. The van der Waals surface area contributed by atoms with Gasteiger partial charge in [0, 0.05) is 30.9 Å². The summed E-state index contributed by atoms with van der Waals surface area (Å²) in [5.41, 5.74) is 2.85. The number of benzene rings is 3. The van der Waals surface area contributed by atoms with Crippen LogP contribution in [0.4, 0.5) is 10.3 Å². The van der Waals surface area contributed by atoms with Crippen LogP contribution in [0.5, 0.6) is 5.75 Å². The molecule has 1 fully saturated rings. The second-order valence-electron chi connectivity index (χ2n) is 10.7. The molecule has 2 heterocycles. The summed E-state index contributed by atoms with van der Waals surface area (Å²) < 4.78 is 20.0. The number of ether oxygens (including phenoxy) is 1. The number of carboxylic acids is 1. The fourth-order valence-corrected chi connectivity index (χ4v) is 5.43. The molecule has 0 bridgehead atoms. The van der Waals surface area contributed by atoms with E-state index in [1.165, 1.54) is 11.0 Å². The van der Waals surface area contributed by atoms with Gasteiger partial charge in [-0.15, -0.1) is 0 Å². The van der Waals surface area contributed by atoms with Gasteiger partial charge < -0.3 is 19.6 Å². The summed E-state index contributed by atoms with van der Waals surface area (Å²) in [7, 11) is 0. The molecule has 8 nitrogen and oxygen atoms in total. The maximum absolute atomic E-state index is 14.2. The summed E-state index contributed by atoms with van der Waals surface area (Å²) in [6.07, 6.45) is 4.23. The predicted octanol–water partition coefficient (Wildman–Crippen LogP) is 6.22. The molecule has 1 aromatic heterocycles. The molecule has 1 aliphatic heterocycles. The Morgan fingerprint density at radius 1 is 1.00 bits per heavy atom. The first-order valence-corrected chi connectivity index (χ1v) is 15.0. The number of halogens is 2. The molecular weight excluding hydrogens is 583 g/mol. The maximum atomic E-state index is 14.2. The van der Waals surface area contributed by atoms with Gasteiger partial charge in [-0.3, -0.25) is 9.59 Å². The molecule has 1 atom stereocenters. The highest BCUT2D eigenvalue weighted by Crippen LogP contribution is 2.26. The number of carbonyl (C=O) groups excluding carboxylic acids is 1. The van der Waals surface area contributed by atoms with Crippen LogP contribution >= 0.6 is 11.6 Å². The lowest BCUT2D eigenvalue weighted by molar-refractivity contribution is -0.137. The van der Waals surface area contributed by atoms with E-state index in [1.807, 2.05) is 42.5 Å². The zero-order chi connectivity index (χ0) is 30.9. The number of aliphatic carboxylic acids is 1. The van der Waals surface area contributed by atoms with Crippen molar-refractivity contribution in [3.63, 3.8) is 0 Å². The van der Waals surface area contributed by atoms with Gasteiger partial charge in [0.15, 0.2) is 11.6 Å². The van der Waals surface area contributed by atoms with E-state index < -0.39 is 11.8 Å². The zero-order valence-corrected chi connectivity index (χ0v) is 25.0. The first-order chi connectivity index (χ1) is 21.4. The van der Waals surface area contributed by atoms with Gasteiger partial charge in [0.2, 0.25) is 5.95 Å². The van der Waals surface area contributed by atoms with Crippen LogP contribution < -0.4 is 9.64 Å². The van der Waals surface area contributed by atoms with Gasteiger partial charge in [-0.05, 0) is 61.1 Å². The van der Waals surface area contributed by atoms with E-state index in [4.69, 9.17) is 21.3 Å². The predicted molar refractivity (Wildman–Crippen MR) is 167 cm³/mol. The highest BCUT2D eigenvalue weighted by molar-refractivity contribution is 6.30. The Hall–Kier alpha value is -4.50. The van der Waals surface area contributed by atoms with Crippen LogP contribution in [0.3, 0.4) is 0 Å². The molecule has 1 N–H and O–H groups in total. The molecule has 0 radical (unpaired) electrons. The van der Waals surface area contributed by atoms with Crippen molar-refractivity contribution >= 4 is 29.4 Å². The largest absolute Gasteiger partial charge is 0.488 e. The third-order valence-corrected chi connectivity index (χ3v) is 7.90. The highest BCUT2D eigenvalue weighted by atomic mass is 35.5. The number of carbonyl (C=O) groups is 2. The minimum Gasteiger partial charge on any atom is -0.488 e. The topological polar surface area (TPSA) is 95.9 Å². The first-order valence-electron chi connectivity index (χ1n) is 14.7. The smallest absolute Gasteiger partial charge is 0.305 e. The number of amides is 1. The number of nitrogens with zero attached hydrogens (tertiary/aromatic N) is 4. The molecule has 3 aromatic carbocycles. The van der Waals surface area contributed by atoms with Crippen molar-refractivity contribution in [1.29, 1.82) is 0 Å². The van der Waals surface area contributed by atoms with Crippen LogP contribution in [-0.2, 0) is 24.2 Å². The van der Waals surface area contributed by atoms with Gasteiger partial charge >= 0.3 is 5.97 Å². The number of carboxylic acid groups (broad SMARTS) is 1. The quantitative estimate of drug-likeness (QED) is 0.191. The third-order valence-electron chi connectivity index (χ3n) is 7.65. The Kier molecular flexibility index (Phi) is 10.4. The summed E-state index contributed by atoms with van der Waals surface area (Å²) in [5.74, 6) is -1.06. The van der Waals surface area contributed by atoms with E-state index in [9.17, 15) is 19.1 Å². The molecule has 0 saturated carbocycles. The molecule has 0 unspecified atom stereocenters. The van der Waals surface area contributed by atoms with Crippen molar-refractivity contribution in [2.24, 2.45) is 0 Å². The molecule has 44 heavy (non-hydrogen) atoms. The van der Waals surface area contributed by atoms with E-state index in [1.54, 1.807) is 36.5 Å². The molecular formula is C34H34ClFN4O4. The number of aryl methyl sites for hydroxylation is 2. The minimum absolute atomic E-state index is 0.0260. The molecule has 5 rings (SSSR count). The Bertz CT molecular complexity index is 1570. The van der Waals surface area contributed by atoms with Crippen LogP contribution in [0.25, 0.3) is 0 Å². The standard InChI is InChI=1S/C34H34ClFN4O4/c35-26-15-12-25(13-16-26)22-39(20-18-32(41)42)33(43)28-21-37-34(38-30(28)17-14-24-7-2-1-3-8-24)40-19-6-9-27(40)23-44-31-11-5-4-10-29(31)36/h1-5,7-8,10-13,15-16,21,27H,6,9,14,17-20,22-23H2,(H,41,42)/t27-/m0/s1. The fourth-order valence-electron chi connectivity index (χ4n) is 5.31. The van der Waals surface area contributed by atoms with Crippen molar-refractivity contribution in [3.8, 4) is 5.75 Å². The highest BCUT2D eigenvalue weighted by Gasteiger charge is 2.29. The number of para-hydroxylation sites is 1. The molecule has 1 amide bonds. The van der Waals surface area contributed by atoms with E-state index in [-0.39, 0.29) is 43.8 Å². The van der Waals surface area contributed by atoms with Crippen molar-refractivity contribution in [2.75, 3.05) is 24.6 Å². The third kappa shape index (κ3) is 8.11. The average molecular weight is 617 g/mol. The number of hydrogen-bond acceptors (Lipinski definition) is 6. The molecule has 4 aromatic rings. The minimum atomic E-state index is -0.993. The van der Waals surface area contributed by atoms with Gasteiger partial charge in [-0.1, -0.05) is 66.2 Å². The molecule has 0 aliphatic carbocycles. The van der Waals surface area contributed by atoms with Crippen LogP contribution in [0, 0.1) is 5.82 Å². The van der Waals surface area contributed by atoms with E-state index >= 15 is 0 Å². The molecule has 0 spiro atoms. The van der Waals surface area contributed by atoms with Gasteiger partial charge in [-0.2, -0.15) is 0 Å². The van der Waals surface area contributed by atoms with E-state index in [0.717, 1.165) is 24.0 Å². The van der Waals surface area contributed by atoms with Crippen molar-refractivity contribution in [2.45, 2.75) is 44.7 Å². The first kappa shape index (κ1) is 30.9. The SMILES string of the molecule is O=C(O)CCN(Cc1ccc(Cl)cc1)C(=O)c1cnc(N2CCC[C@H]2COc2ccccc2F)nc1CCc1ccccc1. The number of anilines is 1. The van der Waals surface area contributed by atoms with Crippen molar-refractivity contribution < 1.29 is 23.8 Å². The Labute approximate surface area is 261 Å². The van der Waals surface area contributed by atoms with E-state index in [2.05, 4.69) is 9.88 Å². The number of aromatic nitrogens is 2. The zero-order valence-electron chi connectivity index (χ0n) is 24.2. The summed E-state index contributed by atoms with van der Waals surface area (Å²) in [6.45, 7) is 1.22. The monoisotopic (exact) mass is 616 g/mol. The van der Waals surface area contributed by atoms with Crippen LogP contribution in [-0.4, -0.2) is 57.6 Å². The van der Waals surface area contributed by atoms with Crippen LogP contribution in [0.2, 0.25) is 5.02 Å². The van der Waals surface area contributed by atoms with Crippen LogP contribution in [0.1, 0.15) is 46.4 Å². The number of rotatable bonds is 13. The average Bonchev–Trinajstić information content (AvgIpc) is 3.51. The molecule has 10 heteroatoms. The Balaban J connectivity index is 1.42. The van der Waals surface area contributed by atoms with Crippen LogP contribution in [0.15, 0.2) is 85.1 Å². The lowest BCUT2D eigenvalue weighted by Gasteiger charge is -2.27. The Morgan fingerprint density at radius 3 is 2.50 bits per heavy atom. The fraction of sp³-hybridized carbons (Fsp3) is 0.294. The molecule has 228 valence electrons. The summed E-state index contributed by atoms with van der Waals surface area (Å²) in [4.78, 5) is 38.6.